The zero-order chi connectivity index (χ0) is 16.6. The quantitative estimate of drug-likeness (QED) is 0.380. The molecule has 25 heavy (non-hydrogen) atoms. The number of hydrogen-bond acceptors (Lipinski definition) is 2. The number of para-hydroxylation sites is 1. The SMILES string of the molecule is c1ccc(-c2nc3c(-c4cccc5ccccc45)cccc3o2)cc1. The van der Waals surface area contributed by atoms with Gasteiger partial charge >= 0.3 is 0 Å². The Morgan fingerprint density at radius 3 is 2.24 bits per heavy atom. The number of aromatic nitrogens is 1. The summed E-state index contributed by atoms with van der Waals surface area (Å²) < 4.78 is 6.02. The Hall–Kier alpha value is -3.39. The van der Waals surface area contributed by atoms with Gasteiger partial charge < -0.3 is 4.42 Å². The molecule has 2 heteroatoms. The summed E-state index contributed by atoms with van der Waals surface area (Å²) in [7, 11) is 0. The fourth-order valence-corrected chi connectivity index (χ4v) is 3.33. The molecule has 0 aliphatic carbocycles. The molecule has 4 aromatic carbocycles. The molecule has 0 atom stereocenters. The minimum atomic E-state index is 0.656. The Kier molecular flexibility index (Phi) is 3.14. The fourth-order valence-electron chi connectivity index (χ4n) is 3.33. The van der Waals surface area contributed by atoms with Crippen molar-refractivity contribution in [3.05, 3.63) is 91.0 Å². The molecule has 0 saturated carbocycles. The maximum atomic E-state index is 6.02. The highest BCUT2D eigenvalue weighted by Gasteiger charge is 2.13. The van der Waals surface area contributed by atoms with Crippen LogP contribution in [0.4, 0.5) is 0 Å². The smallest absolute Gasteiger partial charge is 0.227 e. The molecule has 0 spiro atoms. The summed E-state index contributed by atoms with van der Waals surface area (Å²) in [6.07, 6.45) is 0. The van der Waals surface area contributed by atoms with Gasteiger partial charge in [-0.2, -0.15) is 0 Å². The van der Waals surface area contributed by atoms with Crippen LogP contribution in [0.5, 0.6) is 0 Å². The average Bonchev–Trinajstić information content (AvgIpc) is 3.13. The predicted molar refractivity (Wildman–Crippen MR) is 102 cm³/mol. The maximum Gasteiger partial charge on any atom is 0.227 e. The minimum absolute atomic E-state index is 0.656. The number of rotatable bonds is 2. The zero-order valence-electron chi connectivity index (χ0n) is 13.5. The first kappa shape index (κ1) is 14.0. The lowest BCUT2D eigenvalue weighted by Crippen LogP contribution is -1.83. The van der Waals surface area contributed by atoms with Crippen LogP contribution in [0.2, 0.25) is 0 Å². The van der Waals surface area contributed by atoms with Crippen molar-refractivity contribution in [2.45, 2.75) is 0 Å². The lowest BCUT2D eigenvalue weighted by molar-refractivity contribution is 0.620. The minimum Gasteiger partial charge on any atom is -0.436 e. The maximum absolute atomic E-state index is 6.02. The van der Waals surface area contributed by atoms with Gasteiger partial charge in [0.1, 0.15) is 5.52 Å². The molecule has 0 aliphatic heterocycles. The van der Waals surface area contributed by atoms with Crippen LogP contribution in [0, 0.1) is 0 Å². The molecule has 0 N–H and O–H groups in total. The Morgan fingerprint density at radius 2 is 1.32 bits per heavy atom. The molecule has 1 heterocycles. The van der Waals surface area contributed by atoms with Crippen LogP contribution < -0.4 is 0 Å². The monoisotopic (exact) mass is 321 g/mol. The van der Waals surface area contributed by atoms with E-state index in [-0.39, 0.29) is 0 Å². The highest BCUT2D eigenvalue weighted by molar-refractivity contribution is 6.03. The topological polar surface area (TPSA) is 26.0 Å². The van der Waals surface area contributed by atoms with Crippen LogP contribution >= 0.6 is 0 Å². The molecule has 0 amide bonds. The molecule has 0 saturated heterocycles. The summed E-state index contributed by atoms with van der Waals surface area (Å²) in [6.45, 7) is 0. The second-order valence-corrected chi connectivity index (χ2v) is 6.06. The normalized spacial score (nSPS) is 11.2. The molecule has 5 aromatic rings. The molecule has 118 valence electrons. The van der Waals surface area contributed by atoms with Gasteiger partial charge in [0, 0.05) is 11.1 Å². The van der Waals surface area contributed by atoms with Crippen LogP contribution in [0.3, 0.4) is 0 Å². The molecule has 1 aromatic heterocycles. The first-order chi connectivity index (χ1) is 12.4. The van der Waals surface area contributed by atoms with Crippen LogP contribution in [0.15, 0.2) is 95.4 Å². The van der Waals surface area contributed by atoms with Crippen molar-refractivity contribution in [1.82, 2.24) is 4.98 Å². The van der Waals surface area contributed by atoms with Crippen LogP contribution in [-0.4, -0.2) is 4.98 Å². The van der Waals surface area contributed by atoms with Crippen molar-refractivity contribution in [2.75, 3.05) is 0 Å². The molecule has 0 aliphatic rings. The molecule has 0 radical (unpaired) electrons. The summed E-state index contributed by atoms with van der Waals surface area (Å²) in [5.74, 6) is 0.656. The third-order valence-corrected chi connectivity index (χ3v) is 4.52. The molecule has 0 unspecified atom stereocenters. The highest BCUT2D eigenvalue weighted by atomic mass is 16.3. The van der Waals surface area contributed by atoms with Crippen molar-refractivity contribution in [2.24, 2.45) is 0 Å². The Morgan fingerprint density at radius 1 is 0.600 bits per heavy atom. The number of hydrogen-bond donors (Lipinski definition) is 0. The van der Waals surface area contributed by atoms with Crippen molar-refractivity contribution < 1.29 is 4.42 Å². The Bertz CT molecular complexity index is 1180. The standard InChI is InChI=1S/C23H15NO/c1-2-9-17(10-3-1)23-24-22-20(14-7-15-21(22)25-23)19-13-6-11-16-8-4-5-12-18(16)19/h1-15H. The first-order valence-electron chi connectivity index (χ1n) is 8.33. The number of nitrogens with zero attached hydrogens (tertiary/aromatic N) is 1. The van der Waals surface area contributed by atoms with Gasteiger partial charge in [-0.1, -0.05) is 72.8 Å². The van der Waals surface area contributed by atoms with E-state index in [0.717, 1.165) is 22.2 Å². The van der Waals surface area contributed by atoms with Gasteiger partial charge in [-0.3, -0.25) is 0 Å². The highest BCUT2D eigenvalue weighted by Crippen LogP contribution is 2.35. The lowest BCUT2D eigenvalue weighted by Gasteiger charge is -2.07. The second kappa shape index (κ2) is 5.60. The van der Waals surface area contributed by atoms with E-state index in [2.05, 4.69) is 48.5 Å². The average molecular weight is 321 g/mol. The molecule has 2 nitrogen and oxygen atoms in total. The van der Waals surface area contributed by atoms with Gasteiger partial charge in [-0.15, -0.1) is 0 Å². The Balaban J connectivity index is 1.78. The van der Waals surface area contributed by atoms with E-state index in [4.69, 9.17) is 9.40 Å². The number of benzene rings is 4. The van der Waals surface area contributed by atoms with Crippen molar-refractivity contribution in [3.63, 3.8) is 0 Å². The third-order valence-electron chi connectivity index (χ3n) is 4.52. The van der Waals surface area contributed by atoms with E-state index in [1.165, 1.54) is 16.3 Å². The van der Waals surface area contributed by atoms with Gasteiger partial charge in [-0.05, 0) is 34.5 Å². The van der Waals surface area contributed by atoms with Crippen LogP contribution in [-0.2, 0) is 0 Å². The van der Waals surface area contributed by atoms with Crippen molar-refractivity contribution in [1.29, 1.82) is 0 Å². The number of oxazole rings is 1. The van der Waals surface area contributed by atoms with E-state index >= 15 is 0 Å². The van der Waals surface area contributed by atoms with Crippen LogP contribution in [0.25, 0.3) is 44.5 Å². The molecular weight excluding hydrogens is 306 g/mol. The van der Waals surface area contributed by atoms with Crippen LogP contribution in [0.1, 0.15) is 0 Å². The number of fused-ring (bicyclic) bond motifs is 2. The molecule has 0 bridgehead atoms. The summed E-state index contributed by atoms with van der Waals surface area (Å²) in [5, 5.41) is 2.45. The third kappa shape index (κ3) is 2.31. The molecule has 5 rings (SSSR count). The largest absolute Gasteiger partial charge is 0.436 e. The van der Waals surface area contributed by atoms with Gasteiger partial charge in [0.2, 0.25) is 5.89 Å². The van der Waals surface area contributed by atoms with Gasteiger partial charge in [0.15, 0.2) is 5.58 Å². The summed E-state index contributed by atoms with van der Waals surface area (Å²) >= 11 is 0. The van der Waals surface area contributed by atoms with E-state index in [1.54, 1.807) is 0 Å². The predicted octanol–water partition coefficient (Wildman–Crippen LogP) is 6.32. The zero-order valence-corrected chi connectivity index (χ0v) is 13.5. The summed E-state index contributed by atoms with van der Waals surface area (Å²) in [5.41, 5.74) is 4.97. The van der Waals surface area contributed by atoms with Gasteiger partial charge in [0.05, 0.1) is 0 Å². The molecule has 0 fully saturated rings. The van der Waals surface area contributed by atoms with Crippen molar-refractivity contribution in [3.8, 4) is 22.6 Å². The van der Waals surface area contributed by atoms with E-state index in [9.17, 15) is 0 Å². The first-order valence-corrected chi connectivity index (χ1v) is 8.33. The Labute approximate surface area is 145 Å². The summed E-state index contributed by atoms with van der Waals surface area (Å²) in [4.78, 5) is 4.80. The fraction of sp³-hybridized carbons (Fsp3) is 0. The van der Waals surface area contributed by atoms with Crippen molar-refractivity contribution >= 4 is 21.9 Å². The van der Waals surface area contributed by atoms with E-state index < -0.39 is 0 Å². The second-order valence-electron chi connectivity index (χ2n) is 6.06. The van der Waals surface area contributed by atoms with Gasteiger partial charge in [-0.25, -0.2) is 4.98 Å². The van der Waals surface area contributed by atoms with E-state index in [1.807, 2.05) is 42.5 Å². The lowest BCUT2D eigenvalue weighted by atomic mass is 9.97. The summed E-state index contributed by atoms with van der Waals surface area (Å²) in [6, 6.07) is 30.9. The van der Waals surface area contributed by atoms with E-state index in [0.29, 0.717) is 5.89 Å². The molecular formula is C23H15NO. The van der Waals surface area contributed by atoms with Gasteiger partial charge in [0.25, 0.3) is 0 Å².